The molecule has 1 aliphatic rings. The van der Waals surface area contributed by atoms with Crippen molar-refractivity contribution in [2.45, 2.75) is 52.0 Å². The molecule has 0 aromatic carbocycles. The van der Waals surface area contributed by atoms with Crippen LogP contribution in [-0.2, 0) is 6.54 Å². The quantitative estimate of drug-likeness (QED) is 0.828. The Morgan fingerprint density at radius 1 is 1.47 bits per heavy atom. The monoisotopic (exact) mass is 207 g/mol. The Labute approximate surface area is 91.7 Å². The molecule has 1 aromatic rings. The van der Waals surface area contributed by atoms with Crippen molar-refractivity contribution in [3.8, 4) is 0 Å². The van der Waals surface area contributed by atoms with Gasteiger partial charge in [-0.25, -0.2) is 4.98 Å². The normalized spacial score (nSPS) is 17.8. The van der Waals surface area contributed by atoms with Crippen molar-refractivity contribution in [2.75, 3.05) is 5.73 Å². The summed E-state index contributed by atoms with van der Waals surface area (Å²) < 4.78 is 2.10. The second-order valence-electron chi connectivity index (χ2n) is 5.04. The predicted molar refractivity (Wildman–Crippen MR) is 62.7 cm³/mol. The van der Waals surface area contributed by atoms with Crippen LogP contribution in [0.15, 0.2) is 6.33 Å². The maximum absolute atomic E-state index is 6.13. The van der Waals surface area contributed by atoms with Gasteiger partial charge in [-0.15, -0.1) is 0 Å². The number of anilines is 1. The number of nitrogen functional groups attached to an aromatic ring is 1. The zero-order chi connectivity index (χ0) is 10.8. The molecule has 1 saturated carbocycles. The van der Waals surface area contributed by atoms with Gasteiger partial charge in [0.2, 0.25) is 0 Å². The SMILES string of the molecule is CC(C)Cn1cnc(C2CCCC2)c1N. The maximum atomic E-state index is 6.13. The fourth-order valence-corrected chi connectivity index (χ4v) is 2.46. The summed E-state index contributed by atoms with van der Waals surface area (Å²) in [6, 6.07) is 0. The van der Waals surface area contributed by atoms with Crippen molar-refractivity contribution in [1.82, 2.24) is 9.55 Å². The molecular formula is C12H21N3. The molecule has 0 bridgehead atoms. The van der Waals surface area contributed by atoms with E-state index in [1.807, 2.05) is 6.33 Å². The van der Waals surface area contributed by atoms with Crippen molar-refractivity contribution in [3.63, 3.8) is 0 Å². The molecular weight excluding hydrogens is 186 g/mol. The summed E-state index contributed by atoms with van der Waals surface area (Å²) in [5.74, 6) is 2.15. The van der Waals surface area contributed by atoms with E-state index in [2.05, 4.69) is 23.4 Å². The predicted octanol–water partition coefficient (Wildman–Crippen LogP) is 2.78. The Balaban J connectivity index is 2.15. The summed E-state index contributed by atoms with van der Waals surface area (Å²) in [5, 5.41) is 0. The second-order valence-corrected chi connectivity index (χ2v) is 5.04. The topological polar surface area (TPSA) is 43.8 Å². The van der Waals surface area contributed by atoms with Gasteiger partial charge in [0, 0.05) is 12.5 Å². The van der Waals surface area contributed by atoms with Gasteiger partial charge in [-0.05, 0) is 18.8 Å². The maximum Gasteiger partial charge on any atom is 0.126 e. The molecule has 3 heteroatoms. The highest BCUT2D eigenvalue weighted by atomic mass is 15.1. The Kier molecular flexibility index (Phi) is 2.98. The summed E-state index contributed by atoms with van der Waals surface area (Å²) in [5.41, 5.74) is 7.28. The second kappa shape index (κ2) is 4.25. The van der Waals surface area contributed by atoms with Gasteiger partial charge in [-0.2, -0.15) is 0 Å². The van der Waals surface area contributed by atoms with Crippen molar-refractivity contribution in [2.24, 2.45) is 5.92 Å². The first kappa shape index (κ1) is 10.5. The van der Waals surface area contributed by atoms with E-state index in [1.54, 1.807) is 0 Å². The van der Waals surface area contributed by atoms with E-state index in [0.717, 1.165) is 18.1 Å². The van der Waals surface area contributed by atoms with Crippen LogP contribution < -0.4 is 5.73 Å². The molecule has 2 rings (SSSR count). The number of aromatic nitrogens is 2. The molecule has 0 amide bonds. The fourth-order valence-electron chi connectivity index (χ4n) is 2.46. The van der Waals surface area contributed by atoms with E-state index >= 15 is 0 Å². The molecule has 3 nitrogen and oxygen atoms in total. The lowest BCUT2D eigenvalue weighted by molar-refractivity contribution is 0.527. The number of nitrogens with zero attached hydrogens (tertiary/aromatic N) is 2. The highest BCUT2D eigenvalue weighted by Gasteiger charge is 2.22. The minimum Gasteiger partial charge on any atom is -0.384 e. The molecule has 2 N–H and O–H groups in total. The van der Waals surface area contributed by atoms with Gasteiger partial charge in [-0.1, -0.05) is 26.7 Å². The molecule has 0 saturated heterocycles. The molecule has 84 valence electrons. The van der Waals surface area contributed by atoms with Crippen molar-refractivity contribution >= 4 is 5.82 Å². The van der Waals surface area contributed by atoms with Crippen LogP contribution in [0.25, 0.3) is 0 Å². The molecule has 1 fully saturated rings. The molecule has 0 aliphatic heterocycles. The zero-order valence-corrected chi connectivity index (χ0v) is 9.74. The average Bonchev–Trinajstić information content (AvgIpc) is 2.76. The van der Waals surface area contributed by atoms with Crippen LogP contribution in [0, 0.1) is 5.92 Å². The average molecular weight is 207 g/mol. The van der Waals surface area contributed by atoms with Gasteiger partial charge in [0.25, 0.3) is 0 Å². The van der Waals surface area contributed by atoms with Gasteiger partial charge in [-0.3, -0.25) is 0 Å². The number of imidazole rings is 1. The Morgan fingerprint density at radius 3 is 2.73 bits per heavy atom. The molecule has 0 radical (unpaired) electrons. The highest BCUT2D eigenvalue weighted by Crippen LogP contribution is 2.35. The van der Waals surface area contributed by atoms with Gasteiger partial charge < -0.3 is 10.3 Å². The van der Waals surface area contributed by atoms with E-state index in [-0.39, 0.29) is 0 Å². The first-order valence-electron chi connectivity index (χ1n) is 5.99. The fraction of sp³-hybridized carbons (Fsp3) is 0.750. The first-order chi connectivity index (χ1) is 7.18. The lowest BCUT2D eigenvalue weighted by Gasteiger charge is -2.10. The molecule has 0 atom stereocenters. The van der Waals surface area contributed by atoms with E-state index < -0.39 is 0 Å². The first-order valence-corrected chi connectivity index (χ1v) is 5.99. The Hall–Kier alpha value is -0.990. The number of nitrogens with two attached hydrogens (primary N) is 1. The van der Waals surface area contributed by atoms with Crippen LogP contribution in [-0.4, -0.2) is 9.55 Å². The van der Waals surface area contributed by atoms with Crippen molar-refractivity contribution in [1.29, 1.82) is 0 Å². The molecule has 1 aliphatic carbocycles. The number of rotatable bonds is 3. The van der Waals surface area contributed by atoms with Crippen LogP contribution in [0.5, 0.6) is 0 Å². The van der Waals surface area contributed by atoms with Gasteiger partial charge >= 0.3 is 0 Å². The van der Waals surface area contributed by atoms with E-state index in [9.17, 15) is 0 Å². The highest BCUT2D eigenvalue weighted by molar-refractivity contribution is 5.38. The summed E-state index contributed by atoms with van der Waals surface area (Å²) in [7, 11) is 0. The molecule has 0 unspecified atom stereocenters. The summed E-state index contributed by atoms with van der Waals surface area (Å²) in [4.78, 5) is 4.49. The lowest BCUT2D eigenvalue weighted by Crippen LogP contribution is -2.08. The van der Waals surface area contributed by atoms with Crippen molar-refractivity contribution < 1.29 is 0 Å². The molecule has 1 aromatic heterocycles. The lowest BCUT2D eigenvalue weighted by atomic mass is 10.0. The largest absolute Gasteiger partial charge is 0.384 e. The van der Waals surface area contributed by atoms with Crippen LogP contribution in [0.1, 0.15) is 51.1 Å². The third kappa shape index (κ3) is 2.16. The minimum atomic E-state index is 0.623. The van der Waals surface area contributed by atoms with Gasteiger partial charge in [0.15, 0.2) is 0 Å². The Morgan fingerprint density at radius 2 is 2.13 bits per heavy atom. The third-order valence-electron chi connectivity index (χ3n) is 3.21. The van der Waals surface area contributed by atoms with E-state index in [4.69, 9.17) is 5.73 Å². The van der Waals surface area contributed by atoms with Gasteiger partial charge in [0.05, 0.1) is 12.0 Å². The summed E-state index contributed by atoms with van der Waals surface area (Å²) >= 11 is 0. The van der Waals surface area contributed by atoms with Crippen LogP contribution in [0.3, 0.4) is 0 Å². The Bertz CT molecular complexity index is 322. The van der Waals surface area contributed by atoms with Crippen LogP contribution in [0.4, 0.5) is 5.82 Å². The van der Waals surface area contributed by atoms with Crippen LogP contribution >= 0.6 is 0 Å². The number of hydrogen-bond acceptors (Lipinski definition) is 2. The number of hydrogen-bond donors (Lipinski definition) is 1. The minimum absolute atomic E-state index is 0.623. The molecule has 15 heavy (non-hydrogen) atoms. The summed E-state index contributed by atoms with van der Waals surface area (Å²) in [6.45, 7) is 5.38. The van der Waals surface area contributed by atoms with E-state index in [0.29, 0.717) is 11.8 Å². The van der Waals surface area contributed by atoms with Crippen molar-refractivity contribution in [3.05, 3.63) is 12.0 Å². The molecule has 0 spiro atoms. The van der Waals surface area contributed by atoms with Gasteiger partial charge in [0.1, 0.15) is 5.82 Å². The zero-order valence-electron chi connectivity index (χ0n) is 9.74. The molecule has 1 heterocycles. The summed E-state index contributed by atoms with van der Waals surface area (Å²) in [6.07, 6.45) is 7.11. The standard InChI is InChI=1S/C12H21N3/c1-9(2)7-15-8-14-11(12(15)13)10-5-3-4-6-10/h8-10H,3-7,13H2,1-2H3. The smallest absolute Gasteiger partial charge is 0.126 e. The van der Waals surface area contributed by atoms with Crippen LogP contribution in [0.2, 0.25) is 0 Å². The third-order valence-corrected chi connectivity index (χ3v) is 3.21. The van der Waals surface area contributed by atoms with E-state index in [1.165, 1.54) is 25.7 Å².